The van der Waals surface area contributed by atoms with E-state index < -0.39 is 0 Å². The van der Waals surface area contributed by atoms with Crippen LogP contribution in [0.5, 0.6) is 0 Å². The molecule has 0 saturated carbocycles. The van der Waals surface area contributed by atoms with Gasteiger partial charge in [-0.25, -0.2) is 4.68 Å². The van der Waals surface area contributed by atoms with Gasteiger partial charge in [0, 0.05) is 25.5 Å². The minimum atomic E-state index is -0.288. The van der Waals surface area contributed by atoms with E-state index >= 15 is 0 Å². The van der Waals surface area contributed by atoms with Crippen molar-refractivity contribution in [2.75, 3.05) is 18.4 Å². The van der Waals surface area contributed by atoms with Gasteiger partial charge in [0.15, 0.2) is 11.5 Å². The smallest absolute Gasteiger partial charge is 0.273 e. The number of carbonyl (C=O) groups is 1. The molecule has 3 heterocycles. The second kappa shape index (κ2) is 8.08. The van der Waals surface area contributed by atoms with Gasteiger partial charge < -0.3 is 10.6 Å². The third-order valence-electron chi connectivity index (χ3n) is 3.82. The fourth-order valence-corrected chi connectivity index (χ4v) is 2.46. The van der Waals surface area contributed by atoms with Crippen molar-refractivity contribution in [2.45, 2.75) is 0 Å². The van der Waals surface area contributed by atoms with Gasteiger partial charge in [0.2, 0.25) is 0 Å². The zero-order valence-corrected chi connectivity index (χ0v) is 14.8. The van der Waals surface area contributed by atoms with Crippen LogP contribution in [0.2, 0.25) is 0 Å². The molecule has 4 rings (SSSR count). The molecule has 3 aromatic heterocycles. The van der Waals surface area contributed by atoms with Crippen LogP contribution in [0, 0.1) is 0 Å². The molecule has 0 bridgehead atoms. The van der Waals surface area contributed by atoms with Gasteiger partial charge >= 0.3 is 0 Å². The van der Waals surface area contributed by atoms with Gasteiger partial charge in [-0.2, -0.15) is 15.0 Å². The molecule has 0 aliphatic rings. The molecular formula is C18H17N9O. The molecule has 0 unspecified atom stereocenters. The van der Waals surface area contributed by atoms with E-state index in [4.69, 9.17) is 0 Å². The molecule has 10 heteroatoms. The van der Waals surface area contributed by atoms with E-state index in [1.807, 2.05) is 42.5 Å². The lowest BCUT2D eigenvalue weighted by Crippen LogP contribution is -2.29. The first-order chi connectivity index (χ1) is 13.8. The molecule has 4 aromatic rings. The fraction of sp³-hybridized carbons (Fsp3) is 0.111. The van der Waals surface area contributed by atoms with Crippen molar-refractivity contribution >= 4 is 11.7 Å². The highest BCUT2D eigenvalue weighted by molar-refractivity contribution is 5.91. The Hall–Kier alpha value is -4.08. The summed E-state index contributed by atoms with van der Waals surface area (Å²) in [6, 6.07) is 14.8. The maximum absolute atomic E-state index is 12.2. The fourth-order valence-electron chi connectivity index (χ4n) is 2.46. The van der Waals surface area contributed by atoms with Crippen molar-refractivity contribution in [3.63, 3.8) is 0 Å². The Morgan fingerprint density at radius 2 is 1.86 bits per heavy atom. The standard InChI is InChI=1S/C18H17N9O/c28-18(15-13-22-27(25-15)14-5-2-1-3-6-14)20-11-10-19-16-7-8-17(24-23-16)26-12-4-9-21-26/h1-9,12-13H,10-11H2,(H,19,23)(H,20,28). The molecule has 10 nitrogen and oxygen atoms in total. The Morgan fingerprint density at radius 3 is 2.61 bits per heavy atom. The number of anilines is 1. The number of hydrogen-bond acceptors (Lipinski definition) is 7. The van der Waals surface area contributed by atoms with Crippen LogP contribution in [0.4, 0.5) is 5.82 Å². The summed E-state index contributed by atoms with van der Waals surface area (Å²) in [6.45, 7) is 0.897. The van der Waals surface area contributed by atoms with E-state index in [-0.39, 0.29) is 11.6 Å². The Balaban J connectivity index is 1.25. The predicted octanol–water partition coefficient (Wildman–Crippen LogP) is 1.08. The average molecular weight is 375 g/mol. The summed E-state index contributed by atoms with van der Waals surface area (Å²) in [5.74, 6) is 0.953. The third kappa shape index (κ3) is 4.01. The van der Waals surface area contributed by atoms with Crippen LogP contribution in [-0.2, 0) is 0 Å². The topological polar surface area (TPSA) is 115 Å². The lowest BCUT2D eigenvalue weighted by molar-refractivity contribution is 0.0950. The Morgan fingerprint density at radius 1 is 0.964 bits per heavy atom. The van der Waals surface area contributed by atoms with E-state index in [2.05, 4.69) is 36.1 Å². The van der Waals surface area contributed by atoms with E-state index in [1.165, 1.54) is 11.0 Å². The van der Waals surface area contributed by atoms with Crippen LogP contribution in [0.3, 0.4) is 0 Å². The van der Waals surface area contributed by atoms with E-state index in [0.717, 1.165) is 5.69 Å². The Kier molecular flexibility index (Phi) is 5.00. The van der Waals surface area contributed by atoms with Gasteiger partial charge in [-0.05, 0) is 30.3 Å². The monoisotopic (exact) mass is 375 g/mol. The number of nitrogens with zero attached hydrogens (tertiary/aromatic N) is 7. The summed E-state index contributed by atoms with van der Waals surface area (Å²) in [6.07, 6.45) is 4.91. The lowest BCUT2D eigenvalue weighted by atomic mass is 10.3. The molecule has 0 saturated heterocycles. The molecule has 28 heavy (non-hydrogen) atoms. The summed E-state index contributed by atoms with van der Waals surface area (Å²) in [7, 11) is 0. The minimum absolute atomic E-state index is 0.257. The maximum atomic E-state index is 12.2. The molecule has 0 aliphatic heterocycles. The van der Waals surface area contributed by atoms with Crippen molar-refractivity contribution in [1.29, 1.82) is 0 Å². The number of aromatic nitrogens is 7. The predicted molar refractivity (Wildman–Crippen MR) is 101 cm³/mol. The molecule has 0 atom stereocenters. The van der Waals surface area contributed by atoms with Crippen molar-refractivity contribution in [1.82, 2.24) is 40.3 Å². The van der Waals surface area contributed by atoms with Crippen LogP contribution in [0.1, 0.15) is 10.5 Å². The first kappa shape index (κ1) is 17.3. The number of para-hydroxylation sites is 1. The quantitative estimate of drug-likeness (QED) is 0.465. The molecule has 2 N–H and O–H groups in total. The first-order valence-corrected chi connectivity index (χ1v) is 8.63. The van der Waals surface area contributed by atoms with Gasteiger partial charge in [0.1, 0.15) is 5.82 Å². The van der Waals surface area contributed by atoms with Gasteiger partial charge in [-0.1, -0.05) is 18.2 Å². The number of benzene rings is 1. The molecule has 1 amide bonds. The molecular weight excluding hydrogens is 358 g/mol. The van der Waals surface area contributed by atoms with Gasteiger partial charge in [-0.15, -0.1) is 15.3 Å². The zero-order valence-electron chi connectivity index (χ0n) is 14.8. The first-order valence-electron chi connectivity index (χ1n) is 8.63. The second-order valence-electron chi connectivity index (χ2n) is 5.76. The van der Waals surface area contributed by atoms with Crippen molar-refractivity contribution in [2.24, 2.45) is 0 Å². The van der Waals surface area contributed by atoms with Crippen LogP contribution < -0.4 is 10.6 Å². The van der Waals surface area contributed by atoms with Gasteiger partial charge in [0.25, 0.3) is 5.91 Å². The van der Waals surface area contributed by atoms with Crippen LogP contribution in [0.15, 0.2) is 67.1 Å². The van der Waals surface area contributed by atoms with Crippen LogP contribution in [0.25, 0.3) is 11.5 Å². The highest BCUT2D eigenvalue weighted by atomic mass is 16.2. The summed E-state index contributed by atoms with van der Waals surface area (Å²) in [5.41, 5.74) is 1.05. The zero-order chi connectivity index (χ0) is 19.2. The van der Waals surface area contributed by atoms with Crippen molar-refractivity contribution in [3.8, 4) is 11.5 Å². The third-order valence-corrected chi connectivity index (χ3v) is 3.82. The van der Waals surface area contributed by atoms with Gasteiger partial charge in [-0.3, -0.25) is 4.79 Å². The van der Waals surface area contributed by atoms with Crippen molar-refractivity contribution in [3.05, 3.63) is 72.8 Å². The largest absolute Gasteiger partial charge is 0.367 e. The Labute approximate surface area is 160 Å². The minimum Gasteiger partial charge on any atom is -0.367 e. The van der Waals surface area contributed by atoms with Crippen LogP contribution in [-0.4, -0.2) is 54.0 Å². The van der Waals surface area contributed by atoms with Crippen molar-refractivity contribution < 1.29 is 4.79 Å². The highest BCUT2D eigenvalue weighted by Gasteiger charge is 2.10. The number of nitrogens with one attached hydrogen (secondary N) is 2. The lowest BCUT2D eigenvalue weighted by Gasteiger charge is -2.06. The number of rotatable bonds is 7. The molecule has 0 radical (unpaired) electrons. The Bertz CT molecular complexity index is 1030. The summed E-state index contributed by atoms with van der Waals surface area (Å²) < 4.78 is 1.62. The normalized spacial score (nSPS) is 10.6. The van der Waals surface area contributed by atoms with E-state index in [9.17, 15) is 4.79 Å². The molecule has 140 valence electrons. The van der Waals surface area contributed by atoms with Crippen LogP contribution >= 0.6 is 0 Å². The molecule has 0 fully saturated rings. The highest BCUT2D eigenvalue weighted by Crippen LogP contribution is 2.05. The summed E-state index contributed by atoms with van der Waals surface area (Å²) in [4.78, 5) is 13.6. The number of amides is 1. The average Bonchev–Trinajstić information content (AvgIpc) is 3.45. The summed E-state index contributed by atoms with van der Waals surface area (Å²) >= 11 is 0. The maximum Gasteiger partial charge on any atom is 0.273 e. The number of carbonyl (C=O) groups excluding carboxylic acids is 1. The molecule has 0 spiro atoms. The van der Waals surface area contributed by atoms with E-state index in [0.29, 0.717) is 24.7 Å². The molecule has 0 aliphatic carbocycles. The van der Waals surface area contributed by atoms with E-state index in [1.54, 1.807) is 23.1 Å². The molecule has 1 aromatic carbocycles. The van der Waals surface area contributed by atoms with Gasteiger partial charge in [0.05, 0.1) is 11.9 Å². The number of hydrogen-bond donors (Lipinski definition) is 2. The summed E-state index contributed by atoms with van der Waals surface area (Å²) in [5, 5.41) is 26.5. The second-order valence-corrected chi connectivity index (χ2v) is 5.76. The SMILES string of the molecule is O=C(NCCNc1ccc(-n2cccn2)nn1)c1cnn(-c2ccccc2)n1.